The maximum absolute atomic E-state index is 11.5. The third-order valence-corrected chi connectivity index (χ3v) is 4.09. The largest absolute Gasteiger partial charge is 0.384 e. The van der Waals surface area contributed by atoms with Crippen LogP contribution in [0, 0.1) is 6.92 Å². The fourth-order valence-electron chi connectivity index (χ4n) is 2.95. The first kappa shape index (κ1) is 15.4. The second-order valence-electron chi connectivity index (χ2n) is 6.10. The Kier molecular flexibility index (Phi) is 4.26. The summed E-state index contributed by atoms with van der Waals surface area (Å²) in [5.74, 6) is 0.121. The van der Waals surface area contributed by atoms with Gasteiger partial charge >= 0.3 is 0 Å². The van der Waals surface area contributed by atoms with Crippen LogP contribution in [0.25, 0.3) is 10.8 Å². The third-order valence-electron chi connectivity index (χ3n) is 4.09. The summed E-state index contributed by atoms with van der Waals surface area (Å²) in [6, 6.07) is 19.9. The number of aryl methyl sites for hydroxylation is 1. The van der Waals surface area contributed by atoms with Gasteiger partial charge in [-0.1, -0.05) is 66.2 Å². The fourth-order valence-corrected chi connectivity index (χ4v) is 2.95. The van der Waals surface area contributed by atoms with E-state index in [1.54, 1.807) is 6.92 Å². The zero-order valence-corrected chi connectivity index (χ0v) is 13.4. The van der Waals surface area contributed by atoms with Crippen LogP contribution in [-0.2, 0) is 11.2 Å². The standard InChI is InChI=1S/C21H20O2/c1-14-7-9-17(10-8-14)21(23)20-13-16(11-15(2)22)12-18-5-3-4-6-19(18)20/h3-10,12-13,21,23H,11H2,1-2H3. The molecule has 1 unspecified atom stereocenters. The predicted octanol–water partition coefficient (Wildman–Crippen LogP) is 4.36. The quantitative estimate of drug-likeness (QED) is 0.777. The molecular weight excluding hydrogens is 284 g/mol. The van der Waals surface area contributed by atoms with Crippen molar-refractivity contribution < 1.29 is 9.90 Å². The molecule has 1 N–H and O–H groups in total. The van der Waals surface area contributed by atoms with Crippen LogP contribution in [0.1, 0.15) is 35.3 Å². The monoisotopic (exact) mass is 304 g/mol. The van der Waals surface area contributed by atoms with Gasteiger partial charge in [0.1, 0.15) is 11.9 Å². The van der Waals surface area contributed by atoms with E-state index in [1.807, 2.05) is 67.6 Å². The van der Waals surface area contributed by atoms with Gasteiger partial charge in [-0.25, -0.2) is 0 Å². The molecule has 0 amide bonds. The Morgan fingerprint density at radius 3 is 2.43 bits per heavy atom. The van der Waals surface area contributed by atoms with E-state index in [0.717, 1.165) is 33.0 Å². The van der Waals surface area contributed by atoms with E-state index in [-0.39, 0.29) is 5.78 Å². The highest BCUT2D eigenvalue weighted by Gasteiger charge is 2.15. The summed E-state index contributed by atoms with van der Waals surface area (Å²) in [6.45, 7) is 3.62. The first-order valence-corrected chi connectivity index (χ1v) is 7.80. The summed E-state index contributed by atoms with van der Waals surface area (Å²) >= 11 is 0. The Morgan fingerprint density at radius 2 is 1.74 bits per heavy atom. The van der Waals surface area contributed by atoms with Crippen LogP contribution < -0.4 is 0 Å². The molecule has 0 spiro atoms. The van der Waals surface area contributed by atoms with E-state index in [0.29, 0.717) is 6.42 Å². The van der Waals surface area contributed by atoms with E-state index in [1.165, 1.54) is 0 Å². The van der Waals surface area contributed by atoms with Crippen molar-refractivity contribution in [3.8, 4) is 0 Å². The summed E-state index contributed by atoms with van der Waals surface area (Å²) < 4.78 is 0. The summed E-state index contributed by atoms with van der Waals surface area (Å²) in [6.07, 6.45) is -0.314. The van der Waals surface area contributed by atoms with Gasteiger partial charge < -0.3 is 5.11 Å². The minimum absolute atomic E-state index is 0.121. The van der Waals surface area contributed by atoms with Crippen LogP contribution in [0.2, 0.25) is 0 Å². The molecule has 0 aliphatic rings. The van der Waals surface area contributed by atoms with Crippen LogP contribution >= 0.6 is 0 Å². The number of hydrogen-bond donors (Lipinski definition) is 1. The van der Waals surface area contributed by atoms with E-state index in [2.05, 4.69) is 0 Å². The first-order valence-electron chi connectivity index (χ1n) is 7.80. The Balaban J connectivity index is 2.13. The Morgan fingerprint density at radius 1 is 1.04 bits per heavy atom. The van der Waals surface area contributed by atoms with Crippen LogP contribution in [0.15, 0.2) is 60.7 Å². The average Bonchev–Trinajstić information content (AvgIpc) is 2.53. The minimum atomic E-state index is -0.701. The Hall–Kier alpha value is -2.45. The third kappa shape index (κ3) is 3.33. The summed E-state index contributed by atoms with van der Waals surface area (Å²) in [4.78, 5) is 11.5. The maximum Gasteiger partial charge on any atom is 0.134 e. The molecule has 3 aromatic carbocycles. The van der Waals surface area contributed by atoms with Gasteiger partial charge in [0.15, 0.2) is 0 Å². The van der Waals surface area contributed by atoms with Crippen molar-refractivity contribution in [1.29, 1.82) is 0 Å². The van der Waals surface area contributed by atoms with Gasteiger partial charge in [0.25, 0.3) is 0 Å². The lowest BCUT2D eigenvalue weighted by Crippen LogP contribution is -2.04. The van der Waals surface area contributed by atoms with E-state index >= 15 is 0 Å². The summed E-state index contributed by atoms with van der Waals surface area (Å²) in [5.41, 5.74) is 3.82. The zero-order chi connectivity index (χ0) is 16.4. The van der Waals surface area contributed by atoms with Crippen LogP contribution in [0.3, 0.4) is 0 Å². The lowest BCUT2D eigenvalue weighted by atomic mass is 9.92. The number of aliphatic hydroxyl groups excluding tert-OH is 1. The molecule has 0 aromatic heterocycles. The van der Waals surface area contributed by atoms with Crippen molar-refractivity contribution in [2.45, 2.75) is 26.4 Å². The minimum Gasteiger partial charge on any atom is -0.384 e. The molecule has 0 saturated heterocycles. The first-order chi connectivity index (χ1) is 11.0. The van der Waals surface area contributed by atoms with Gasteiger partial charge in [-0.05, 0) is 41.3 Å². The van der Waals surface area contributed by atoms with Crippen molar-refractivity contribution in [2.24, 2.45) is 0 Å². The number of fused-ring (bicyclic) bond motifs is 1. The lowest BCUT2D eigenvalue weighted by molar-refractivity contribution is -0.116. The average molecular weight is 304 g/mol. The van der Waals surface area contributed by atoms with Crippen LogP contribution in [-0.4, -0.2) is 10.9 Å². The predicted molar refractivity (Wildman–Crippen MR) is 93.6 cm³/mol. The summed E-state index contributed by atoms with van der Waals surface area (Å²) in [7, 11) is 0. The van der Waals surface area contributed by atoms with Gasteiger partial charge in [0, 0.05) is 6.42 Å². The van der Waals surface area contributed by atoms with Gasteiger partial charge in [-0.2, -0.15) is 0 Å². The Labute approximate surface area is 136 Å². The van der Waals surface area contributed by atoms with Crippen molar-refractivity contribution in [1.82, 2.24) is 0 Å². The van der Waals surface area contributed by atoms with Crippen molar-refractivity contribution in [2.75, 3.05) is 0 Å². The van der Waals surface area contributed by atoms with Gasteiger partial charge in [-0.3, -0.25) is 4.79 Å². The molecule has 0 aliphatic heterocycles. The SMILES string of the molecule is CC(=O)Cc1cc(C(O)c2ccc(C)cc2)c2ccccc2c1. The second kappa shape index (κ2) is 6.35. The van der Waals surface area contributed by atoms with E-state index in [9.17, 15) is 9.90 Å². The van der Waals surface area contributed by atoms with Gasteiger partial charge in [0.05, 0.1) is 0 Å². The molecule has 0 radical (unpaired) electrons. The highest BCUT2D eigenvalue weighted by atomic mass is 16.3. The van der Waals surface area contributed by atoms with Crippen molar-refractivity contribution in [3.05, 3.63) is 82.9 Å². The molecule has 0 heterocycles. The molecule has 0 aliphatic carbocycles. The maximum atomic E-state index is 11.5. The number of rotatable bonds is 4. The van der Waals surface area contributed by atoms with Crippen molar-refractivity contribution in [3.63, 3.8) is 0 Å². The molecule has 116 valence electrons. The van der Waals surface area contributed by atoms with E-state index < -0.39 is 6.10 Å². The number of benzene rings is 3. The molecule has 1 atom stereocenters. The van der Waals surface area contributed by atoms with Crippen LogP contribution in [0.5, 0.6) is 0 Å². The molecule has 0 fully saturated rings. The highest BCUT2D eigenvalue weighted by Crippen LogP contribution is 2.30. The molecule has 0 saturated carbocycles. The number of aliphatic hydroxyl groups is 1. The Bertz CT molecular complexity index is 847. The molecule has 2 heteroatoms. The molecule has 2 nitrogen and oxygen atoms in total. The number of carbonyl (C=O) groups is 1. The number of ketones is 1. The van der Waals surface area contributed by atoms with Crippen LogP contribution in [0.4, 0.5) is 0 Å². The zero-order valence-electron chi connectivity index (χ0n) is 13.4. The fraction of sp³-hybridized carbons (Fsp3) is 0.190. The lowest BCUT2D eigenvalue weighted by Gasteiger charge is -2.16. The highest BCUT2D eigenvalue weighted by molar-refractivity contribution is 5.88. The normalized spacial score (nSPS) is 12.3. The number of Topliss-reactive ketones (excluding diaryl/α,β-unsaturated/α-hetero) is 1. The number of carbonyl (C=O) groups excluding carboxylic acids is 1. The smallest absolute Gasteiger partial charge is 0.134 e. The van der Waals surface area contributed by atoms with Gasteiger partial charge in [0.2, 0.25) is 0 Å². The van der Waals surface area contributed by atoms with Crippen molar-refractivity contribution >= 4 is 16.6 Å². The molecule has 0 bridgehead atoms. The topological polar surface area (TPSA) is 37.3 Å². The molecule has 3 aromatic rings. The molecular formula is C21H20O2. The van der Waals surface area contributed by atoms with Gasteiger partial charge in [-0.15, -0.1) is 0 Å². The second-order valence-corrected chi connectivity index (χ2v) is 6.10. The van der Waals surface area contributed by atoms with E-state index in [4.69, 9.17) is 0 Å². The summed E-state index contributed by atoms with van der Waals surface area (Å²) in [5, 5.41) is 12.9. The molecule has 23 heavy (non-hydrogen) atoms. The molecule has 3 rings (SSSR count). The number of hydrogen-bond acceptors (Lipinski definition) is 2.